The minimum Gasteiger partial charge on any atom is -0.371 e. The van der Waals surface area contributed by atoms with Crippen molar-refractivity contribution in [3.63, 3.8) is 0 Å². The van der Waals surface area contributed by atoms with Gasteiger partial charge < -0.3 is 9.47 Å². The summed E-state index contributed by atoms with van der Waals surface area (Å²) >= 11 is 0. The van der Waals surface area contributed by atoms with Gasteiger partial charge in [0, 0.05) is 30.5 Å². The Hall–Kier alpha value is -2.70. The number of allylic oxidation sites excluding steroid dienone is 5. The highest BCUT2D eigenvalue weighted by Gasteiger charge is 2.19. The molecule has 0 saturated carbocycles. The fourth-order valence-electron chi connectivity index (χ4n) is 3.90. The number of aryl methyl sites for hydroxylation is 1. The quantitative estimate of drug-likeness (QED) is 0.255. The number of unbranched alkanes of at least 4 members (excludes halogenated alkanes) is 1. The number of hydrogen-bond donors (Lipinski definition) is 0. The molecule has 0 atom stereocenters. The van der Waals surface area contributed by atoms with E-state index < -0.39 is 0 Å². The van der Waals surface area contributed by atoms with Crippen molar-refractivity contribution in [2.24, 2.45) is 0 Å². The minimum atomic E-state index is 0.988. The first-order valence-electron chi connectivity index (χ1n) is 10.6. The van der Waals surface area contributed by atoms with Crippen LogP contribution in [0.15, 0.2) is 78.7 Å². The molecule has 28 heavy (non-hydrogen) atoms. The van der Waals surface area contributed by atoms with E-state index in [1.165, 1.54) is 27.9 Å². The monoisotopic (exact) mass is 372 g/mol. The van der Waals surface area contributed by atoms with Gasteiger partial charge in [0.25, 0.3) is 0 Å². The fraction of sp³-hybridized carbons (Fsp3) is 0.346. The van der Waals surface area contributed by atoms with Crippen molar-refractivity contribution in [3.05, 3.63) is 84.4 Å². The van der Waals surface area contributed by atoms with Crippen molar-refractivity contribution in [2.75, 3.05) is 13.1 Å². The van der Waals surface area contributed by atoms with Crippen molar-refractivity contribution in [1.29, 1.82) is 0 Å². The molecule has 0 amide bonds. The summed E-state index contributed by atoms with van der Waals surface area (Å²) in [6.07, 6.45) is 14.9. The zero-order chi connectivity index (χ0) is 19.8. The fourth-order valence-corrected chi connectivity index (χ4v) is 3.90. The summed E-state index contributed by atoms with van der Waals surface area (Å²) in [7, 11) is 0. The zero-order valence-electron chi connectivity index (χ0n) is 17.3. The maximum absolute atomic E-state index is 3.89. The van der Waals surface area contributed by atoms with E-state index in [2.05, 4.69) is 84.2 Å². The van der Waals surface area contributed by atoms with Crippen LogP contribution in [0.5, 0.6) is 0 Å². The number of nitrogens with zero attached hydrogens (tertiary/aromatic N) is 2. The van der Waals surface area contributed by atoms with E-state index in [1.54, 1.807) is 0 Å². The third-order valence-electron chi connectivity index (χ3n) is 5.13. The molecular formula is C26H32N2. The van der Waals surface area contributed by atoms with Gasteiger partial charge in [0.15, 0.2) is 0 Å². The second-order valence-corrected chi connectivity index (χ2v) is 7.28. The summed E-state index contributed by atoms with van der Waals surface area (Å²) in [6.45, 7) is 11.5. The van der Waals surface area contributed by atoms with Crippen LogP contribution in [0.4, 0.5) is 0 Å². The molecule has 0 unspecified atom stereocenters. The van der Waals surface area contributed by atoms with Crippen molar-refractivity contribution < 1.29 is 0 Å². The molecule has 0 radical (unpaired) electrons. The molecule has 0 fully saturated rings. The number of fused-ring (bicyclic) bond motifs is 1. The van der Waals surface area contributed by atoms with Crippen LogP contribution in [-0.4, -0.2) is 22.6 Å². The highest BCUT2D eigenvalue weighted by molar-refractivity contribution is 5.89. The second-order valence-electron chi connectivity index (χ2n) is 7.28. The number of benzene rings is 1. The van der Waals surface area contributed by atoms with Gasteiger partial charge in [-0.25, -0.2) is 0 Å². The van der Waals surface area contributed by atoms with Gasteiger partial charge in [0.1, 0.15) is 0 Å². The Morgan fingerprint density at radius 1 is 1.11 bits per heavy atom. The highest BCUT2D eigenvalue weighted by atomic mass is 15.1. The molecule has 1 heterocycles. The first-order chi connectivity index (χ1) is 13.8. The van der Waals surface area contributed by atoms with Crippen molar-refractivity contribution in [2.45, 2.75) is 46.1 Å². The zero-order valence-corrected chi connectivity index (χ0v) is 17.3. The highest BCUT2D eigenvalue weighted by Crippen LogP contribution is 2.32. The number of para-hydroxylation sites is 1. The van der Waals surface area contributed by atoms with E-state index in [0.29, 0.717) is 0 Å². The Morgan fingerprint density at radius 2 is 1.89 bits per heavy atom. The molecule has 3 rings (SSSR count). The Bertz CT molecular complexity index is 926. The molecule has 1 aromatic carbocycles. The standard InChI is InChI=1S/C26H32N2/c1-4-7-13-20-28-24-16-12-11-14-22(24)21-26(28)23-15-9-8-10-17-25(23)27(18-5-2)19-6-3/h4,8-12,14,16-17,21H,1,5-7,13,18-20H2,2-3H3. The number of rotatable bonds is 10. The van der Waals surface area contributed by atoms with E-state index in [9.17, 15) is 0 Å². The summed E-state index contributed by atoms with van der Waals surface area (Å²) in [5.41, 5.74) is 8.62. The predicted molar refractivity (Wildman–Crippen MR) is 122 cm³/mol. The maximum Gasteiger partial charge on any atom is 0.0635 e. The van der Waals surface area contributed by atoms with Crippen molar-refractivity contribution >= 4 is 16.5 Å². The van der Waals surface area contributed by atoms with E-state index in [1.807, 2.05) is 12.2 Å². The van der Waals surface area contributed by atoms with Gasteiger partial charge in [-0.1, -0.05) is 50.3 Å². The van der Waals surface area contributed by atoms with E-state index >= 15 is 0 Å². The summed E-state index contributed by atoms with van der Waals surface area (Å²) in [6, 6.07) is 11.0. The SMILES string of the molecule is C=CCCCn1c(C2=C=CC=CC=C2N(CCC)CCC)cc2ccccc21. The van der Waals surface area contributed by atoms with Crippen LogP contribution in [0, 0.1) is 0 Å². The molecule has 1 aliphatic rings. The first kappa shape index (κ1) is 20.0. The molecule has 2 heteroatoms. The van der Waals surface area contributed by atoms with Crippen LogP contribution in [-0.2, 0) is 6.54 Å². The largest absolute Gasteiger partial charge is 0.371 e. The molecule has 1 aromatic heterocycles. The summed E-state index contributed by atoms with van der Waals surface area (Å²) in [5.74, 6) is 0. The van der Waals surface area contributed by atoms with Gasteiger partial charge in [0.2, 0.25) is 0 Å². The van der Waals surface area contributed by atoms with Gasteiger partial charge in [0.05, 0.1) is 17.0 Å². The van der Waals surface area contributed by atoms with Crippen molar-refractivity contribution in [1.82, 2.24) is 9.47 Å². The van der Waals surface area contributed by atoms with Crippen LogP contribution >= 0.6 is 0 Å². The lowest BCUT2D eigenvalue weighted by Crippen LogP contribution is -2.26. The molecule has 2 aromatic rings. The molecule has 0 saturated heterocycles. The lowest BCUT2D eigenvalue weighted by molar-refractivity contribution is 0.357. The van der Waals surface area contributed by atoms with Gasteiger partial charge >= 0.3 is 0 Å². The lowest BCUT2D eigenvalue weighted by Gasteiger charge is -2.28. The van der Waals surface area contributed by atoms with Gasteiger partial charge in [-0.3, -0.25) is 0 Å². The average molecular weight is 373 g/mol. The molecule has 0 spiro atoms. The van der Waals surface area contributed by atoms with Gasteiger partial charge in [-0.05, 0) is 50.0 Å². The first-order valence-corrected chi connectivity index (χ1v) is 10.6. The van der Waals surface area contributed by atoms with Crippen LogP contribution in [0.2, 0.25) is 0 Å². The van der Waals surface area contributed by atoms with Crippen molar-refractivity contribution in [3.8, 4) is 0 Å². The summed E-state index contributed by atoms with van der Waals surface area (Å²) in [5, 5.41) is 1.29. The topological polar surface area (TPSA) is 8.17 Å². The Balaban J connectivity index is 2.11. The molecule has 146 valence electrons. The molecule has 1 aliphatic carbocycles. The van der Waals surface area contributed by atoms with Crippen LogP contribution in [0.1, 0.15) is 45.2 Å². The van der Waals surface area contributed by atoms with E-state index in [0.717, 1.165) is 45.3 Å². The van der Waals surface area contributed by atoms with Crippen LogP contribution < -0.4 is 0 Å². The molecular weight excluding hydrogens is 340 g/mol. The Labute approximate surface area is 169 Å². The van der Waals surface area contributed by atoms with Crippen LogP contribution in [0.3, 0.4) is 0 Å². The molecule has 0 N–H and O–H groups in total. The predicted octanol–water partition coefficient (Wildman–Crippen LogP) is 6.72. The molecule has 0 aliphatic heterocycles. The summed E-state index contributed by atoms with van der Waals surface area (Å²) in [4.78, 5) is 2.51. The lowest BCUT2D eigenvalue weighted by atomic mass is 10.1. The number of aromatic nitrogens is 1. The van der Waals surface area contributed by atoms with Gasteiger partial charge in [-0.2, -0.15) is 0 Å². The second kappa shape index (κ2) is 10.0. The minimum absolute atomic E-state index is 0.988. The Kier molecular flexibility index (Phi) is 7.17. The van der Waals surface area contributed by atoms with Crippen LogP contribution in [0.25, 0.3) is 16.5 Å². The molecule has 0 bridgehead atoms. The third kappa shape index (κ3) is 4.40. The van der Waals surface area contributed by atoms with Gasteiger partial charge in [-0.15, -0.1) is 12.3 Å². The van der Waals surface area contributed by atoms with E-state index in [4.69, 9.17) is 0 Å². The summed E-state index contributed by atoms with van der Waals surface area (Å²) < 4.78 is 2.46. The average Bonchev–Trinajstić information content (AvgIpc) is 2.90. The smallest absolute Gasteiger partial charge is 0.0635 e. The number of hydrogen-bond acceptors (Lipinski definition) is 1. The third-order valence-corrected chi connectivity index (χ3v) is 5.13. The molecule has 2 nitrogen and oxygen atoms in total. The maximum atomic E-state index is 3.89. The Morgan fingerprint density at radius 3 is 2.64 bits per heavy atom. The normalized spacial score (nSPS) is 13.4. The van der Waals surface area contributed by atoms with E-state index in [-0.39, 0.29) is 0 Å².